The largest absolute Gasteiger partial charge is 0.480 e. The highest BCUT2D eigenvalue weighted by Crippen LogP contribution is 2.22. The number of carbonyl (C=O) groups is 2. The molecule has 12 heteroatoms. The monoisotopic (exact) mass is 524 g/mol. The number of aliphatic carboxylic acids is 1. The lowest BCUT2D eigenvalue weighted by atomic mass is 10.0. The summed E-state index contributed by atoms with van der Waals surface area (Å²) in [6, 6.07) is 15.0. The van der Waals surface area contributed by atoms with Gasteiger partial charge in [0.05, 0.1) is 4.90 Å². The van der Waals surface area contributed by atoms with E-state index in [1.165, 1.54) is 24.3 Å². The van der Waals surface area contributed by atoms with E-state index in [1.807, 2.05) is 6.07 Å². The van der Waals surface area contributed by atoms with Gasteiger partial charge in [-0.2, -0.15) is 4.72 Å². The number of rotatable bonds is 10. The molecule has 4 N–H and O–H groups in total. The van der Waals surface area contributed by atoms with Crippen molar-refractivity contribution in [2.24, 2.45) is 0 Å². The number of carbonyl (C=O) groups excluding carboxylic acids is 1. The number of nitrogens with one attached hydrogen (secondary N) is 3. The van der Waals surface area contributed by atoms with Crippen molar-refractivity contribution in [2.75, 3.05) is 29.9 Å². The smallest absolute Gasteiger partial charge is 0.323 e. The predicted molar refractivity (Wildman–Crippen MR) is 138 cm³/mol. The molecule has 37 heavy (non-hydrogen) atoms. The van der Waals surface area contributed by atoms with Crippen molar-refractivity contribution in [1.29, 1.82) is 0 Å². The van der Waals surface area contributed by atoms with Gasteiger partial charge in [0.25, 0.3) is 5.91 Å². The second kappa shape index (κ2) is 11.8. The molecule has 0 spiro atoms. The van der Waals surface area contributed by atoms with Crippen LogP contribution in [0.5, 0.6) is 0 Å². The lowest BCUT2D eigenvalue weighted by molar-refractivity contribution is -0.138. The Labute approximate surface area is 215 Å². The Morgan fingerprint density at radius 3 is 2.38 bits per heavy atom. The number of hydrogen-bond donors (Lipinski definition) is 4. The average molecular weight is 525 g/mol. The molecular weight excluding hydrogens is 496 g/mol. The lowest BCUT2D eigenvalue weighted by Crippen LogP contribution is -2.48. The van der Waals surface area contributed by atoms with Gasteiger partial charge in [0.1, 0.15) is 6.04 Å². The van der Waals surface area contributed by atoms with Gasteiger partial charge < -0.3 is 20.6 Å². The zero-order chi connectivity index (χ0) is 26.3. The number of aromatic nitrogens is 2. The van der Waals surface area contributed by atoms with E-state index >= 15 is 0 Å². The second-order valence-electron chi connectivity index (χ2n) is 8.56. The van der Waals surface area contributed by atoms with Crippen molar-refractivity contribution in [3.05, 3.63) is 78.6 Å². The minimum Gasteiger partial charge on any atom is -0.480 e. The number of benzene rings is 2. The zero-order valence-electron chi connectivity index (χ0n) is 19.9. The van der Waals surface area contributed by atoms with Crippen molar-refractivity contribution >= 4 is 33.5 Å². The Morgan fingerprint density at radius 2 is 1.70 bits per heavy atom. The summed E-state index contributed by atoms with van der Waals surface area (Å²) in [6.45, 7) is 1.14. The van der Waals surface area contributed by atoms with Crippen LogP contribution in [0, 0.1) is 0 Å². The minimum absolute atomic E-state index is 0.0597. The number of piperidine rings is 1. The highest BCUT2D eigenvalue weighted by atomic mass is 32.2. The number of nitrogens with zero attached hydrogens (tertiary/aromatic N) is 3. The van der Waals surface area contributed by atoms with Gasteiger partial charge >= 0.3 is 5.97 Å². The molecule has 1 amide bonds. The summed E-state index contributed by atoms with van der Waals surface area (Å²) < 4.78 is 27.1. The van der Waals surface area contributed by atoms with Gasteiger partial charge in [0, 0.05) is 49.3 Å². The van der Waals surface area contributed by atoms with Crippen LogP contribution in [0.2, 0.25) is 0 Å². The van der Waals surface area contributed by atoms with Crippen LogP contribution in [0.1, 0.15) is 23.2 Å². The summed E-state index contributed by atoms with van der Waals surface area (Å²) in [6.07, 6.45) is 5.13. The SMILES string of the molecule is O=C(NC[C@H](NS(=O)(=O)c1ccccc1)C(=O)O)c1cccc(N2CCC(Nc3ncccn3)CC2)c1. The molecule has 2 aromatic carbocycles. The maximum Gasteiger partial charge on any atom is 0.323 e. The van der Waals surface area contributed by atoms with Gasteiger partial charge in [-0.25, -0.2) is 18.4 Å². The average Bonchev–Trinajstić information content (AvgIpc) is 2.92. The molecule has 1 aliphatic heterocycles. The molecule has 0 radical (unpaired) electrons. The van der Waals surface area contributed by atoms with E-state index in [1.54, 1.807) is 42.7 Å². The van der Waals surface area contributed by atoms with Crippen LogP contribution in [-0.2, 0) is 14.8 Å². The molecular formula is C25H28N6O5S. The third-order valence-corrected chi connectivity index (χ3v) is 7.47. The summed E-state index contributed by atoms with van der Waals surface area (Å²) in [4.78, 5) is 35.0. The minimum atomic E-state index is -4.06. The summed E-state index contributed by atoms with van der Waals surface area (Å²) in [5, 5.41) is 15.4. The van der Waals surface area contributed by atoms with Crippen molar-refractivity contribution in [2.45, 2.75) is 29.8 Å². The fraction of sp³-hybridized carbons (Fsp3) is 0.280. The van der Waals surface area contributed by atoms with Crippen LogP contribution in [0.25, 0.3) is 0 Å². The highest BCUT2D eigenvalue weighted by Gasteiger charge is 2.26. The van der Waals surface area contributed by atoms with E-state index in [9.17, 15) is 23.1 Å². The number of carboxylic acid groups (broad SMARTS) is 1. The van der Waals surface area contributed by atoms with Crippen molar-refractivity contribution in [1.82, 2.24) is 20.0 Å². The Morgan fingerprint density at radius 1 is 1.00 bits per heavy atom. The van der Waals surface area contributed by atoms with E-state index in [0.717, 1.165) is 31.6 Å². The standard InChI is InChI=1S/C25H28N6O5S/c32-23(28-17-22(24(33)34)30-37(35,36)21-8-2-1-3-9-21)18-6-4-7-20(16-18)31-14-10-19(11-15-31)29-25-26-12-5-13-27-25/h1-9,12-13,16,19,22,30H,10-11,14-15,17H2,(H,28,32)(H,33,34)(H,26,27,29)/t22-/m0/s1. The Hall–Kier alpha value is -4.03. The van der Waals surface area contributed by atoms with E-state index in [2.05, 4.69) is 30.2 Å². The van der Waals surface area contributed by atoms with E-state index in [4.69, 9.17) is 0 Å². The predicted octanol–water partition coefficient (Wildman–Crippen LogP) is 1.72. The second-order valence-corrected chi connectivity index (χ2v) is 10.3. The highest BCUT2D eigenvalue weighted by molar-refractivity contribution is 7.89. The van der Waals surface area contributed by atoms with Crippen LogP contribution in [0.15, 0.2) is 78.0 Å². The number of carboxylic acids is 1. The molecule has 1 aromatic heterocycles. The molecule has 1 fully saturated rings. The first-order valence-electron chi connectivity index (χ1n) is 11.8. The number of sulfonamides is 1. The Bertz CT molecular complexity index is 1320. The van der Waals surface area contributed by atoms with Crippen LogP contribution in [0.4, 0.5) is 11.6 Å². The number of amides is 1. The first-order valence-corrected chi connectivity index (χ1v) is 13.3. The molecule has 3 aromatic rings. The van der Waals surface area contributed by atoms with Crippen LogP contribution < -0.4 is 20.3 Å². The number of hydrogen-bond acceptors (Lipinski definition) is 8. The fourth-order valence-electron chi connectivity index (χ4n) is 4.01. The van der Waals surface area contributed by atoms with Crippen molar-refractivity contribution in [3.63, 3.8) is 0 Å². The Kier molecular flexibility index (Phi) is 8.31. The maximum absolute atomic E-state index is 12.8. The molecule has 194 valence electrons. The normalized spacial score (nSPS) is 15.1. The lowest BCUT2D eigenvalue weighted by Gasteiger charge is -2.34. The maximum atomic E-state index is 12.8. The molecule has 1 saturated heterocycles. The summed E-state index contributed by atoms with van der Waals surface area (Å²) in [7, 11) is -4.06. The van der Waals surface area contributed by atoms with Crippen molar-refractivity contribution in [3.8, 4) is 0 Å². The third kappa shape index (κ3) is 7.02. The van der Waals surface area contributed by atoms with Gasteiger partial charge in [0.2, 0.25) is 16.0 Å². The molecule has 1 aliphatic rings. The molecule has 0 saturated carbocycles. The summed E-state index contributed by atoms with van der Waals surface area (Å²) in [5.41, 5.74) is 1.23. The van der Waals surface area contributed by atoms with Crippen LogP contribution in [-0.4, -0.2) is 67.1 Å². The number of anilines is 2. The fourth-order valence-corrected chi connectivity index (χ4v) is 5.22. The summed E-state index contributed by atoms with van der Waals surface area (Å²) in [5.74, 6) is -1.29. The van der Waals surface area contributed by atoms with E-state index < -0.39 is 34.5 Å². The van der Waals surface area contributed by atoms with E-state index in [-0.39, 0.29) is 10.9 Å². The summed E-state index contributed by atoms with van der Waals surface area (Å²) >= 11 is 0. The molecule has 2 heterocycles. The van der Waals surface area contributed by atoms with E-state index in [0.29, 0.717) is 11.5 Å². The molecule has 1 atom stereocenters. The van der Waals surface area contributed by atoms with Crippen molar-refractivity contribution < 1.29 is 23.1 Å². The quantitative estimate of drug-likeness (QED) is 0.310. The van der Waals surface area contributed by atoms with Gasteiger partial charge in [-0.3, -0.25) is 9.59 Å². The van der Waals surface area contributed by atoms with Crippen LogP contribution >= 0.6 is 0 Å². The third-order valence-electron chi connectivity index (χ3n) is 5.98. The molecule has 4 rings (SSSR count). The van der Waals surface area contributed by atoms with Gasteiger partial charge in [0.15, 0.2) is 0 Å². The molecule has 0 bridgehead atoms. The van der Waals surface area contributed by atoms with Gasteiger partial charge in [-0.05, 0) is 49.2 Å². The van der Waals surface area contributed by atoms with Gasteiger partial charge in [-0.15, -0.1) is 0 Å². The first-order chi connectivity index (χ1) is 17.8. The molecule has 0 unspecified atom stereocenters. The first kappa shape index (κ1) is 26.0. The topological polar surface area (TPSA) is 154 Å². The molecule has 0 aliphatic carbocycles. The Balaban J connectivity index is 1.33. The zero-order valence-corrected chi connectivity index (χ0v) is 20.8. The van der Waals surface area contributed by atoms with Crippen LogP contribution in [0.3, 0.4) is 0 Å². The molecule has 11 nitrogen and oxygen atoms in total. The van der Waals surface area contributed by atoms with Gasteiger partial charge in [-0.1, -0.05) is 24.3 Å².